The van der Waals surface area contributed by atoms with Crippen molar-refractivity contribution in [3.8, 4) is 0 Å². The summed E-state index contributed by atoms with van der Waals surface area (Å²) in [5, 5.41) is 9.71. The maximum absolute atomic E-state index is 13.5. The second kappa shape index (κ2) is 5.16. The van der Waals surface area contributed by atoms with Gasteiger partial charge in [-0.05, 0) is 50.1 Å². The van der Waals surface area contributed by atoms with Crippen molar-refractivity contribution in [2.45, 2.75) is 36.7 Å². The van der Waals surface area contributed by atoms with Crippen LogP contribution in [0.25, 0.3) is 0 Å². The maximum Gasteiger partial charge on any atom is 0.126 e. The van der Waals surface area contributed by atoms with E-state index < -0.39 is 6.10 Å². The molecule has 18 heavy (non-hydrogen) atoms. The van der Waals surface area contributed by atoms with E-state index in [4.69, 9.17) is 4.42 Å². The predicted octanol–water partition coefficient (Wildman–Crippen LogP) is 4.24. The second-order valence-corrected chi connectivity index (χ2v) is 5.34. The largest absolute Gasteiger partial charge is 0.468 e. The van der Waals surface area contributed by atoms with Gasteiger partial charge in [-0.3, -0.25) is 0 Å². The molecule has 0 saturated carbocycles. The van der Waals surface area contributed by atoms with Crippen molar-refractivity contribution >= 4 is 11.8 Å². The Kier molecular flexibility index (Phi) is 3.78. The van der Waals surface area contributed by atoms with Crippen molar-refractivity contribution in [1.29, 1.82) is 0 Å². The van der Waals surface area contributed by atoms with Crippen LogP contribution in [-0.4, -0.2) is 5.11 Å². The van der Waals surface area contributed by atoms with Gasteiger partial charge in [0.25, 0.3) is 0 Å². The zero-order chi connectivity index (χ0) is 13.3. The first-order chi connectivity index (χ1) is 8.49. The number of furan rings is 1. The summed E-state index contributed by atoms with van der Waals surface area (Å²) in [5.41, 5.74) is 1.17. The number of aliphatic hydroxyl groups is 1. The molecule has 1 heterocycles. The highest BCUT2D eigenvalue weighted by Crippen LogP contribution is 2.36. The lowest BCUT2D eigenvalue weighted by Crippen LogP contribution is -1.97. The molecular formula is C14H15FO2S. The van der Waals surface area contributed by atoms with Crippen LogP contribution in [0.5, 0.6) is 0 Å². The van der Waals surface area contributed by atoms with Crippen molar-refractivity contribution in [3.05, 3.63) is 47.2 Å². The zero-order valence-electron chi connectivity index (χ0n) is 10.5. The van der Waals surface area contributed by atoms with Gasteiger partial charge in [-0.25, -0.2) is 4.39 Å². The van der Waals surface area contributed by atoms with Crippen molar-refractivity contribution in [1.82, 2.24) is 0 Å². The standard InChI is InChI=1S/C14H15FO2S/c1-8-6-14(11(9(2)16)7-12(8)15)18-13-4-5-17-10(13)3/h4-7,9,16H,1-3H3. The number of hydrogen-bond donors (Lipinski definition) is 1. The summed E-state index contributed by atoms with van der Waals surface area (Å²) in [6.45, 7) is 5.23. The Morgan fingerprint density at radius 2 is 2.00 bits per heavy atom. The van der Waals surface area contributed by atoms with E-state index in [1.54, 1.807) is 26.2 Å². The molecule has 0 spiro atoms. The highest BCUT2D eigenvalue weighted by molar-refractivity contribution is 7.99. The number of halogens is 1. The van der Waals surface area contributed by atoms with E-state index in [9.17, 15) is 9.50 Å². The van der Waals surface area contributed by atoms with Gasteiger partial charge in [-0.15, -0.1) is 0 Å². The molecule has 2 rings (SSSR count). The lowest BCUT2D eigenvalue weighted by atomic mass is 10.1. The molecule has 0 aliphatic rings. The van der Waals surface area contributed by atoms with Gasteiger partial charge in [0.1, 0.15) is 11.6 Å². The van der Waals surface area contributed by atoms with E-state index in [-0.39, 0.29) is 5.82 Å². The molecule has 0 aliphatic heterocycles. The Hall–Kier alpha value is -1.26. The Balaban J connectivity index is 2.43. The number of aliphatic hydroxyl groups excluding tert-OH is 1. The molecule has 1 N–H and O–H groups in total. The van der Waals surface area contributed by atoms with Gasteiger partial charge < -0.3 is 9.52 Å². The topological polar surface area (TPSA) is 33.4 Å². The van der Waals surface area contributed by atoms with Gasteiger partial charge in [0.05, 0.1) is 17.3 Å². The van der Waals surface area contributed by atoms with Crippen LogP contribution in [0.2, 0.25) is 0 Å². The smallest absolute Gasteiger partial charge is 0.126 e. The zero-order valence-corrected chi connectivity index (χ0v) is 11.3. The van der Waals surface area contributed by atoms with Crippen molar-refractivity contribution in [3.63, 3.8) is 0 Å². The third-order valence-corrected chi connectivity index (χ3v) is 3.99. The average Bonchev–Trinajstić information content (AvgIpc) is 2.69. The van der Waals surface area contributed by atoms with Gasteiger partial charge >= 0.3 is 0 Å². The Bertz CT molecular complexity index is 561. The molecule has 1 unspecified atom stereocenters. The summed E-state index contributed by atoms with van der Waals surface area (Å²) in [5.74, 6) is 0.526. The van der Waals surface area contributed by atoms with Crippen LogP contribution in [0.1, 0.15) is 29.9 Å². The predicted molar refractivity (Wildman–Crippen MR) is 69.3 cm³/mol. The van der Waals surface area contributed by atoms with E-state index in [1.165, 1.54) is 17.8 Å². The van der Waals surface area contributed by atoms with Crippen LogP contribution in [0.4, 0.5) is 4.39 Å². The van der Waals surface area contributed by atoms with E-state index in [1.807, 2.05) is 13.0 Å². The first kappa shape index (κ1) is 13.2. The van der Waals surface area contributed by atoms with E-state index in [0.29, 0.717) is 11.1 Å². The summed E-state index contributed by atoms with van der Waals surface area (Å²) >= 11 is 1.48. The molecule has 0 aliphatic carbocycles. The SMILES string of the molecule is Cc1cc(Sc2ccoc2C)c(C(C)O)cc1F. The summed E-state index contributed by atoms with van der Waals surface area (Å²) in [4.78, 5) is 1.83. The van der Waals surface area contributed by atoms with Crippen LogP contribution in [0.15, 0.2) is 38.7 Å². The molecule has 2 nitrogen and oxygen atoms in total. The monoisotopic (exact) mass is 266 g/mol. The lowest BCUT2D eigenvalue weighted by Gasteiger charge is -2.13. The Morgan fingerprint density at radius 3 is 2.56 bits per heavy atom. The summed E-state index contributed by atoms with van der Waals surface area (Å²) in [7, 11) is 0. The molecule has 0 bridgehead atoms. The quantitative estimate of drug-likeness (QED) is 0.902. The third kappa shape index (κ3) is 2.60. The summed E-state index contributed by atoms with van der Waals surface area (Å²) in [6, 6.07) is 5.02. The first-order valence-corrected chi connectivity index (χ1v) is 6.50. The van der Waals surface area contributed by atoms with Gasteiger partial charge in [-0.1, -0.05) is 11.8 Å². The van der Waals surface area contributed by atoms with Crippen molar-refractivity contribution in [2.24, 2.45) is 0 Å². The number of hydrogen-bond acceptors (Lipinski definition) is 3. The maximum atomic E-state index is 13.5. The van der Waals surface area contributed by atoms with Crippen LogP contribution in [0.3, 0.4) is 0 Å². The normalized spacial score (nSPS) is 12.7. The molecule has 1 atom stereocenters. The molecule has 2 aromatic rings. The lowest BCUT2D eigenvalue weighted by molar-refractivity contribution is 0.196. The highest BCUT2D eigenvalue weighted by atomic mass is 32.2. The summed E-state index contributed by atoms with van der Waals surface area (Å²) < 4.78 is 18.8. The third-order valence-electron chi connectivity index (χ3n) is 2.77. The molecule has 0 amide bonds. The fourth-order valence-corrected chi connectivity index (χ4v) is 2.82. The molecular weight excluding hydrogens is 251 g/mol. The molecule has 0 saturated heterocycles. The molecule has 1 aromatic carbocycles. The molecule has 4 heteroatoms. The van der Waals surface area contributed by atoms with Crippen LogP contribution >= 0.6 is 11.8 Å². The minimum absolute atomic E-state index is 0.292. The molecule has 0 fully saturated rings. The minimum atomic E-state index is -0.699. The van der Waals surface area contributed by atoms with E-state index in [2.05, 4.69) is 0 Å². The molecule has 0 radical (unpaired) electrons. The van der Waals surface area contributed by atoms with Gasteiger partial charge in [0.15, 0.2) is 0 Å². The van der Waals surface area contributed by atoms with Gasteiger partial charge in [-0.2, -0.15) is 0 Å². The van der Waals surface area contributed by atoms with Gasteiger partial charge in [0.2, 0.25) is 0 Å². The second-order valence-electron chi connectivity index (χ2n) is 4.26. The van der Waals surface area contributed by atoms with Crippen LogP contribution in [0, 0.1) is 19.7 Å². The average molecular weight is 266 g/mol. The number of aryl methyl sites for hydroxylation is 2. The fraction of sp³-hybridized carbons (Fsp3) is 0.286. The van der Waals surface area contributed by atoms with Gasteiger partial charge in [0, 0.05) is 4.90 Å². The first-order valence-electron chi connectivity index (χ1n) is 5.69. The fourth-order valence-electron chi connectivity index (χ4n) is 1.68. The number of rotatable bonds is 3. The molecule has 96 valence electrons. The summed E-state index contributed by atoms with van der Waals surface area (Å²) in [6.07, 6.45) is 0.922. The van der Waals surface area contributed by atoms with E-state index >= 15 is 0 Å². The molecule has 1 aromatic heterocycles. The van der Waals surface area contributed by atoms with Crippen molar-refractivity contribution < 1.29 is 13.9 Å². The van der Waals surface area contributed by atoms with Crippen LogP contribution < -0.4 is 0 Å². The highest BCUT2D eigenvalue weighted by Gasteiger charge is 2.14. The Labute approximate surface area is 110 Å². The van der Waals surface area contributed by atoms with Crippen LogP contribution in [-0.2, 0) is 0 Å². The van der Waals surface area contributed by atoms with Crippen molar-refractivity contribution in [2.75, 3.05) is 0 Å². The number of benzene rings is 1. The Morgan fingerprint density at radius 1 is 1.28 bits per heavy atom. The van der Waals surface area contributed by atoms with E-state index in [0.717, 1.165) is 15.6 Å². The minimum Gasteiger partial charge on any atom is -0.468 e.